The first-order chi connectivity index (χ1) is 7.67. The molecule has 3 rings (SSSR count). The number of hydrogen-bond donors (Lipinski definition) is 0. The van der Waals surface area contributed by atoms with Crippen LogP contribution in [0.3, 0.4) is 0 Å². The Bertz CT molecular complexity index is 496. The largest absolute Gasteiger partial charge is 0.269 e. The molecule has 2 aliphatic rings. The van der Waals surface area contributed by atoms with E-state index in [4.69, 9.17) is 0 Å². The van der Waals surface area contributed by atoms with Crippen LogP contribution in [0.2, 0.25) is 0 Å². The summed E-state index contributed by atoms with van der Waals surface area (Å²) in [5.41, 5.74) is 6.25. The Morgan fingerprint density at radius 2 is 2.00 bits per heavy atom. The monoisotopic (exact) mass is 211 g/mol. The number of nitrogens with zero attached hydrogens (tertiary/aromatic N) is 1. The number of aliphatic imine (C=N–C) groups is 1. The lowest BCUT2D eigenvalue weighted by Crippen LogP contribution is -2.19. The van der Waals surface area contributed by atoms with E-state index in [0.29, 0.717) is 5.41 Å². The zero-order chi connectivity index (χ0) is 11.2. The Balaban J connectivity index is 1.95. The third-order valence-corrected chi connectivity index (χ3v) is 3.95. The maximum Gasteiger partial charge on any atom is 0.0265 e. The van der Waals surface area contributed by atoms with Gasteiger partial charge in [0.25, 0.3) is 0 Å². The molecule has 82 valence electrons. The van der Waals surface area contributed by atoms with Gasteiger partial charge in [0, 0.05) is 18.8 Å². The van der Waals surface area contributed by atoms with Crippen LogP contribution in [0.1, 0.15) is 30.0 Å². The number of allylic oxidation sites excluding steroid dienone is 1. The van der Waals surface area contributed by atoms with E-state index in [1.54, 1.807) is 0 Å². The van der Waals surface area contributed by atoms with Gasteiger partial charge in [0.15, 0.2) is 0 Å². The quantitative estimate of drug-likeness (QED) is 0.674. The van der Waals surface area contributed by atoms with Crippen molar-refractivity contribution in [2.75, 3.05) is 0 Å². The molecule has 1 nitrogen and oxygen atoms in total. The van der Waals surface area contributed by atoms with Gasteiger partial charge in [-0.05, 0) is 41.9 Å². The van der Waals surface area contributed by atoms with E-state index in [-0.39, 0.29) is 0 Å². The molecule has 0 saturated carbocycles. The van der Waals surface area contributed by atoms with Crippen LogP contribution in [0.15, 0.2) is 35.0 Å². The molecule has 1 aromatic rings. The minimum absolute atomic E-state index is 0.312. The van der Waals surface area contributed by atoms with Crippen LogP contribution in [0.4, 0.5) is 0 Å². The van der Waals surface area contributed by atoms with Crippen molar-refractivity contribution < 1.29 is 0 Å². The Kier molecular flexibility index (Phi) is 2.03. The molecule has 1 aliphatic carbocycles. The van der Waals surface area contributed by atoms with Crippen molar-refractivity contribution in [1.29, 1.82) is 0 Å². The molecule has 0 radical (unpaired) electrons. The Morgan fingerprint density at radius 3 is 2.75 bits per heavy atom. The zero-order valence-corrected chi connectivity index (χ0v) is 9.96. The molecule has 1 heterocycles. The van der Waals surface area contributed by atoms with Crippen LogP contribution in [0.25, 0.3) is 0 Å². The number of benzene rings is 1. The summed E-state index contributed by atoms with van der Waals surface area (Å²) in [5.74, 6) is 0. The van der Waals surface area contributed by atoms with Crippen LogP contribution in [0.5, 0.6) is 0 Å². The average Bonchev–Trinajstić information content (AvgIpc) is 2.83. The fourth-order valence-corrected chi connectivity index (χ4v) is 2.97. The summed E-state index contributed by atoms with van der Waals surface area (Å²) in [7, 11) is 0. The molecule has 1 unspecified atom stereocenters. The van der Waals surface area contributed by atoms with Gasteiger partial charge in [0.05, 0.1) is 0 Å². The van der Waals surface area contributed by atoms with E-state index in [1.165, 1.54) is 35.1 Å². The van der Waals surface area contributed by atoms with Gasteiger partial charge in [-0.1, -0.05) is 30.7 Å². The highest BCUT2D eigenvalue weighted by atomic mass is 14.7. The second-order valence-electron chi connectivity index (χ2n) is 5.38. The van der Waals surface area contributed by atoms with Gasteiger partial charge in [-0.25, -0.2) is 0 Å². The van der Waals surface area contributed by atoms with Crippen LogP contribution in [0, 0.1) is 12.3 Å². The fourth-order valence-electron chi connectivity index (χ4n) is 2.97. The predicted octanol–water partition coefficient (Wildman–Crippen LogP) is 3.46. The number of aryl methyl sites for hydroxylation is 1. The van der Waals surface area contributed by atoms with E-state index in [1.807, 2.05) is 6.21 Å². The summed E-state index contributed by atoms with van der Waals surface area (Å²) in [6.07, 6.45) is 7.49. The molecule has 0 amide bonds. The third kappa shape index (κ3) is 1.42. The molecule has 0 saturated heterocycles. The standard InChI is InChI=1S/C15H17N/c1-11-3-4-12-8-15(2,9-13(12)7-11)14-5-6-16-10-14/h3-4,6-7,10H,5,8-9H2,1-2H3. The summed E-state index contributed by atoms with van der Waals surface area (Å²) in [6, 6.07) is 6.87. The summed E-state index contributed by atoms with van der Waals surface area (Å²) < 4.78 is 0. The summed E-state index contributed by atoms with van der Waals surface area (Å²) >= 11 is 0. The van der Waals surface area contributed by atoms with Gasteiger partial charge in [0.1, 0.15) is 0 Å². The third-order valence-electron chi connectivity index (χ3n) is 3.95. The van der Waals surface area contributed by atoms with Crippen molar-refractivity contribution >= 4 is 6.21 Å². The molecular formula is C15H17N. The van der Waals surface area contributed by atoms with Gasteiger partial charge in [0.2, 0.25) is 0 Å². The number of hydrogen-bond acceptors (Lipinski definition) is 1. The molecule has 0 bridgehead atoms. The van der Waals surface area contributed by atoms with Crippen LogP contribution in [-0.4, -0.2) is 6.21 Å². The molecule has 0 fully saturated rings. The normalized spacial score (nSPS) is 27.0. The summed E-state index contributed by atoms with van der Waals surface area (Å²) in [6.45, 7) is 4.55. The maximum absolute atomic E-state index is 4.25. The van der Waals surface area contributed by atoms with Gasteiger partial charge < -0.3 is 0 Å². The summed E-state index contributed by atoms with van der Waals surface area (Å²) in [5, 5.41) is 0. The van der Waals surface area contributed by atoms with Gasteiger partial charge in [-0.3, -0.25) is 4.99 Å². The smallest absolute Gasteiger partial charge is 0.0265 e. The van der Waals surface area contributed by atoms with Crippen molar-refractivity contribution in [3.63, 3.8) is 0 Å². The topological polar surface area (TPSA) is 12.4 Å². The van der Waals surface area contributed by atoms with Gasteiger partial charge in [-0.15, -0.1) is 0 Å². The first-order valence-corrected chi connectivity index (χ1v) is 5.97. The molecule has 1 atom stereocenters. The Morgan fingerprint density at radius 1 is 1.19 bits per heavy atom. The molecule has 1 aliphatic heterocycles. The van der Waals surface area contributed by atoms with Gasteiger partial charge >= 0.3 is 0 Å². The highest BCUT2D eigenvalue weighted by Crippen LogP contribution is 2.44. The lowest BCUT2D eigenvalue weighted by molar-refractivity contribution is 0.421. The van der Waals surface area contributed by atoms with Crippen LogP contribution < -0.4 is 0 Å². The maximum atomic E-state index is 4.25. The Labute approximate surface area is 96.9 Å². The summed E-state index contributed by atoms with van der Waals surface area (Å²) in [4.78, 5) is 4.25. The zero-order valence-electron chi connectivity index (χ0n) is 9.96. The lowest BCUT2D eigenvalue weighted by atomic mass is 9.79. The van der Waals surface area contributed by atoms with E-state index in [0.717, 1.165) is 6.42 Å². The van der Waals surface area contributed by atoms with E-state index in [2.05, 4.69) is 43.2 Å². The molecule has 1 aromatic carbocycles. The Hall–Kier alpha value is -1.37. The molecule has 1 heteroatoms. The van der Waals surface area contributed by atoms with Crippen molar-refractivity contribution in [1.82, 2.24) is 0 Å². The van der Waals surface area contributed by atoms with E-state index in [9.17, 15) is 0 Å². The van der Waals surface area contributed by atoms with Gasteiger partial charge in [-0.2, -0.15) is 0 Å². The van der Waals surface area contributed by atoms with Crippen molar-refractivity contribution in [2.24, 2.45) is 10.4 Å². The first-order valence-electron chi connectivity index (χ1n) is 5.97. The van der Waals surface area contributed by atoms with Crippen LogP contribution >= 0.6 is 0 Å². The average molecular weight is 211 g/mol. The fraction of sp³-hybridized carbons (Fsp3) is 0.400. The molecule has 16 heavy (non-hydrogen) atoms. The molecule has 0 aromatic heterocycles. The number of fused-ring (bicyclic) bond motifs is 1. The molecular weight excluding hydrogens is 194 g/mol. The second kappa shape index (κ2) is 3.31. The minimum atomic E-state index is 0.312. The van der Waals surface area contributed by atoms with Crippen molar-refractivity contribution in [3.05, 3.63) is 46.7 Å². The van der Waals surface area contributed by atoms with Crippen molar-refractivity contribution in [3.8, 4) is 0 Å². The van der Waals surface area contributed by atoms with Crippen molar-refractivity contribution in [2.45, 2.75) is 33.1 Å². The predicted molar refractivity (Wildman–Crippen MR) is 67.9 cm³/mol. The lowest BCUT2D eigenvalue weighted by Gasteiger charge is -2.24. The van der Waals surface area contributed by atoms with Crippen LogP contribution in [-0.2, 0) is 12.8 Å². The second-order valence-corrected chi connectivity index (χ2v) is 5.38. The highest BCUT2D eigenvalue weighted by Gasteiger charge is 2.36. The highest BCUT2D eigenvalue weighted by molar-refractivity contribution is 5.66. The minimum Gasteiger partial charge on any atom is -0.269 e. The molecule has 0 N–H and O–H groups in total. The number of rotatable bonds is 1. The SMILES string of the molecule is Cc1ccc2c(c1)CC(C)(C1=CN=CC1)C2. The van der Waals surface area contributed by atoms with E-state index >= 15 is 0 Å². The first kappa shape index (κ1) is 9.83. The molecule has 0 spiro atoms. The van der Waals surface area contributed by atoms with E-state index < -0.39 is 0 Å².